The van der Waals surface area contributed by atoms with Gasteiger partial charge in [-0.1, -0.05) is 18.2 Å². The predicted molar refractivity (Wildman–Crippen MR) is 69.9 cm³/mol. The standard InChI is InChI=1S/C11H16N2O2S.ClH/c14-16(15,11-5-2-1-3-6-11)13-9-4-7-12-8-10-13;/h1-3,5-6,12H,4,7-10H2;1H. The Bertz CT molecular complexity index is 428. The zero-order valence-electron chi connectivity index (χ0n) is 9.50. The van der Waals surface area contributed by atoms with Gasteiger partial charge >= 0.3 is 0 Å². The number of rotatable bonds is 2. The highest BCUT2D eigenvalue weighted by molar-refractivity contribution is 7.89. The monoisotopic (exact) mass is 276 g/mol. The molecule has 4 nitrogen and oxygen atoms in total. The van der Waals surface area contributed by atoms with Crippen LogP contribution in [0.2, 0.25) is 0 Å². The molecular weight excluding hydrogens is 260 g/mol. The van der Waals surface area contributed by atoms with Crippen molar-refractivity contribution < 1.29 is 8.42 Å². The minimum atomic E-state index is -3.29. The maximum Gasteiger partial charge on any atom is 0.243 e. The van der Waals surface area contributed by atoms with Crippen molar-refractivity contribution in [2.75, 3.05) is 26.2 Å². The van der Waals surface area contributed by atoms with Gasteiger partial charge in [0.2, 0.25) is 10.0 Å². The maximum absolute atomic E-state index is 12.2. The number of halogens is 1. The molecular formula is C11H17ClN2O2S. The van der Waals surface area contributed by atoms with Crippen LogP contribution in [0.15, 0.2) is 35.2 Å². The number of sulfonamides is 1. The second-order valence-corrected chi connectivity index (χ2v) is 5.76. The Morgan fingerprint density at radius 2 is 1.76 bits per heavy atom. The Labute approximate surface area is 108 Å². The van der Waals surface area contributed by atoms with Crippen molar-refractivity contribution in [3.8, 4) is 0 Å². The van der Waals surface area contributed by atoms with Crippen LogP contribution in [-0.2, 0) is 10.0 Å². The number of hydrogen-bond acceptors (Lipinski definition) is 3. The summed E-state index contributed by atoms with van der Waals surface area (Å²) in [5.41, 5.74) is 0. The molecule has 96 valence electrons. The van der Waals surface area contributed by atoms with E-state index in [2.05, 4.69) is 5.32 Å². The third kappa shape index (κ3) is 3.42. The van der Waals surface area contributed by atoms with Gasteiger partial charge in [0.15, 0.2) is 0 Å². The van der Waals surface area contributed by atoms with Crippen LogP contribution in [0.4, 0.5) is 0 Å². The summed E-state index contributed by atoms with van der Waals surface area (Å²) in [6.07, 6.45) is 0.867. The van der Waals surface area contributed by atoms with E-state index in [9.17, 15) is 8.42 Å². The summed E-state index contributed by atoms with van der Waals surface area (Å²) < 4.78 is 26.0. The zero-order chi connectivity index (χ0) is 11.4. The van der Waals surface area contributed by atoms with Crippen molar-refractivity contribution in [2.24, 2.45) is 0 Å². The van der Waals surface area contributed by atoms with Crippen LogP contribution >= 0.6 is 12.4 Å². The molecule has 1 heterocycles. The predicted octanol–water partition coefficient (Wildman–Crippen LogP) is 1.09. The summed E-state index contributed by atoms with van der Waals surface area (Å²) in [6, 6.07) is 8.62. The lowest BCUT2D eigenvalue weighted by Gasteiger charge is -2.19. The lowest BCUT2D eigenvalue weighted by atomic mass is 10.4. The van der Waals surface area contributed by atoms with Gasteiger partial charge in [0.05, 0.1) is 4.90 Å². The molecule has 2 rings (SSSR count). The average Bonchev–Trinajstić information content (AvgIpc) is 2.59. The summed E-state index contributed by atoms with van der Waals surface area (Å²) in [4.78, 5) is 0.386. The highest BCUT2D eigenvalue weighted by Crippen LogP contribution is 2.15. The van der Waals surface area contributed by atoms with Crippen molar-refractivity contribution in [1.82, 2.24) is 9.62 Å². The minimum Gasteiger partial charge on any atom is -0.315 e. The van der Waals surface area contributed by atoms with Crippen LogP contribution in [0.5, 0.6) is 0 Å². The smallest absolute Gasteiger partial charge is 0.243 e. The third-order valence-electron chi connectivity index (χ3n) is 2.68. The molecule has 0 unspecified atom stereocenters. The molecule has 1 aromatic rings. The first-order chi connectivity index (χ1) is 7.71. The molecule has 0 spiro atoms. The molecule has 1 N–H and O–H groups in total. The van der Waals surface area contributed by atoms with Crippen LogP contribution in [-0.4, -0.2) is 38.9 Å². The van der Waals surface area contributed by atoms with Crippen molar-refractivity contribution >= 4 is 22.4 Å². The van der Waals surface area contributed by atoms with Crippen LogP contribution in [0.1, 0.15) is 6.42 Å². The Hall–Kier alpha value is -0.620. The van der Waals surface area contributed by atoms with E-state index in [4.69, 9.17) is 0 Å². The number of nitrogens with zero attached hydrogens (tertiary/aromatic N) is 1. The molecule has 0 bridgehead atoms. The summed E-state index contributed by atoms with van der Waals surface area (Å²) in [6.45, 7) is 2.77. The lowest BCUT2D eigenvalue weighted by molar-refractivity contribution is 0.432. The van der Waals surface area contributed by atoms with Gasteiger partial charge in [0.1, 0.15) is 0 Å². The molecule has 1 saturated heterocycles. The molecule has 17 heavy (non-hydrogen) atoms. The number of benzene rings is 1. The van der Waals surface area contributed by atoms with Gasteiger partial charge in [-0.05, 0) is 25.1 Å². The van der Waals surface area contributed by atoms with Crippen molar-refractivity contribution in [2.45, 2.75) is 11.3 Å². The van der Waals surface area contributed by atoms with Crippen LogP contribution in [0, 0.1) is 0 Å². The van der Waals surface area contributed by atoms with E-state index < -0.39 is 10.0 Å². The fraction of sp³-hybridized carbons (Fsp3) is 0.455. The van der Waals surface area contributed by atoms with E-state index in [1.54, 1.807) is 28.6 Å². The number of nitrogens with one attached hydrogen (secondary N) is 1. The Kier molecular flexibility index (Phi) is 5.39. The minimum absolute atomic E-state index is 0. The molecule has 0 aliphatic carbocycles. The summed E-state index contributed by atoms with van der Waals surface area (Å²) in [5, 5.41) is 3.19. The molecule has 1 aliphatic heterocycles. The van der Waals surface area contributed by atoms with Crippen molar-refractivity contribution in [3.63, 3.8) is 0 Å². The van der Waals surface area contributed by atoms with E-state index >= 15 is 0 Å². The van der Waals surface area contributed by atoms with Gasteiger partial charge in [-0.15, -0.1) is 12.4 Å². The van der Waals surface area contributed by atoms with E-state index in [1.807, 2.05) is 6.07 Å². The Balaban J connectivity index is 0.00000144. The first kappa shape index (κ1) is 14.4. The SMILES string of the molecule is Cl.O=S(=O)(c1ccccc1)N1CCCNCC1. The second-order valence-electron chi connectivity index (χ2n) is 3.82. The molecule has 6 heteroatoms. The fourth-order valence-electron chi connectivity index (χ4n) is 1.80. The van der Waals surface area contributed by atoms with Crippen molar-refractivity contribution in [1.29, 1.82) is 0 Å². The van der Waals surface area contributed by atoms with Gasteiger partial charge in [0, 0.05) is 19.6 Å². The highest BCUT2D eigenvalue weighted by Gasteiger charge is 2.24. The quantitative estimate of drug-likeness (QED) is 0.880. The van der Waals surface area contributed by atoms with Crippen LogP contribution < -0.4 is 5.32 Å². The van der Waals surface area contributed by atoms with Gasteiger partial charge in [-0.3, -0.25) is 0 Å². The summed E-state index contributed by atoms with van der Waals surface area (Å²) in [5.74, 6) is 0. The topological polar surface area (TPSA) is 49.4 Å². The van der Waals surface area contributed by atoms with Gasteiger partial charge in [-0.2, -0.15) is 4.31 Å². The second kappa shape index (κ2) is 6.35. The van der Waals surface area contributed by atoms with Crippen LogP contribution in [0.3, 0.4) is 0 Å². The maximum atomic E-state index is 12.2. The van der Waals surface area contributed by atoms with E-state index in [-0.39, 0.29) is 12.4 Å². The largest absolute Gasteiger partial charge is 0.315 e. The highest BCUT2D eigenvalue weighted by atomic mass is 35.5. The molecule has 1 aliphatic rings. The van der Waals surface area contributed by atoms with E-state index in [0.29, 0.717) is 18.0 Å². The third-order valence-corrected chi connectivity index (χ3v) is 4.59. The molecule has 0 aromatic heterocycles. The normalized spacial score (nSPS) is 18.1. The average molecular weight is 277 g/mol. The van der Waals surface area contributed by atoms with E-state index in [0.717, 1.165) is 19.5 Å². The molecule has 1 aromatic carbocycles. The van der Waals surface area contributed by atoms with Crippen molar-refractivity contribution in [3.05, 3.63) is 30.3 Å². The van der Waals surface area contributed by atoms with Gasteiger partial charge in [0.25, 0.3) is 0 Å². The Morgan fingerprint density at radius 3 is 2.47 bits per heavy atom. The molecule has 0 amide bonds. The van der Waals surface area contributed by atoms with Crippen LogP contribution in [0.25, 0.3) is 0 Å². The summed E-state index contributed by atoms with van der Waals surface area (Å²) >= 11 is 0. The fourth-order valence-corrected chi connectivity index (χ4v) is 3.30. The molecule has 0 saturated carbocycles. The first-order valence-corrected chi connectivity index (χ1v) is 6.91. The lowest BCUT2D eigenvalue weighted by Crippen LogP contribution is -2.34. The van der Waals surface area contributed by atoms with Gasteiger partial charge < -0.3 is 5.32 Å². The number of hydrogen-bond donors (Lipinski definition) is 1. The summed E-state index contributed by atoms with van der Waals surface area (Å²) in [7, 11) is -3.29. The molecule has 1 fully saturated rings. The Morgan fingerprint density at radius 1 is 1.06 bits per heavy atom. The molecule has 0 radical (unpaired) electrons. The first-order valence-electron chi connectivity index (χ1n) is 5.47. The molecule has 0 atom stereocenters. The van der Waals surface area contributed by atoms with Gasteiger partial charge in [-0.25, -0.2) is 8.42 Å². The van der Waals surface area contributed by atoms with E-state index in [1.165, 1.54) is 0 Å². The zero-order valence-corrected chi connectivity index (χ0v) is 11.1.